The first-order chi connectivity index (χ1) is 13.8. The topological polar surface area (TPSA) is 49.8 Å². The van der Waals surface area contributed by atoms with E-state index in [2.05, 4.69) is 34.4 Å². The maximum absolute atomic E-state index is 13.5. The number of alkyl halides is 3. The summed E-state index contributed by atoms with van der Waals surface area (Å²) in [4.78, 5) is 7.97. The van der Waals surface area contributed by atoms with Crippen LogP contribution in [-0.4, -0.2) is 9.97 Å². The molecule has 0 fully saturated rings. The third-order valence-corrected chi connectivity index (χ3v) is 4.58. The second-order valence-corrected chi connectivity index (χ2v) is 6.99. The molecule has 1 aromatic heterocycles. The molecule has 4 nitrogen and oxygen atoms in total. The van der Waals surface area contributed by atoms with Gasteiger partial charge >= 0.3 is 6.18 Å². The number of nitrogens with zero attached hydrogens (tertiary/aromatic N) is 2. The van der Waals surface area contributed by atoms with E-state index in [4.69, 9.17) is 0 Å². The van der Waals surface area contributed by atoms with Crippen LogP contribution in [-0.2, 0) is 12.6 Å². The summed E-state index contributed by atoms with van der Waals surface area (Å²) in [6.45, 7) is 6.12. The molecule has 0 aliphatic rings. The number of benzene rings is 2. The van der Waals surface area contributed by atoms with Crippen LogP contribution >= 0.6 is 0 Å². The normalized spacial score (nSPS) is 11.6. The predicted octanol–water partition coefficient (Wildman–Crippen LogP) is 6.67. The molecular weight excluding hydrogens is 377 g/mol. The molecule has 0 saturated carbocycles. The predicted molar refractivity (Wildman–Crippen MR) is 110 cm³/mol. The van der Waals surface area contributed by atoms with Gasteiger partial charge in [-0.3, -0.25) is 0 Å². The van der Waals surface area contributed by atoms with Crippen molar-refractivity contribution in [2.75, 3.05) is 10.6 Å². The van der Waals surface area contributed by atoms with Gasteiger partial charge in [0.1, 0.15) is 11.4 Å². The molecule has 152 valence electrons. The zero-order valence-corrected chi connectivity index (χ0v) is 16.5. The van der Waals surface area contributed by atoms with Gasteiger partial charge in [0.05, 0.1) is 0 Å². The van der Waals surface area contributed by atoms with Crippen LogP contribution < -0.4 is 10.6 Å². The summed E-state index contributed by atoms with van der Waals surface area (Å²) < 4.78 is 40.4. The van der Waals surface area contributed by atoms with Crippen molar-refractivity contribution >= 4 is 23.1 Å². The Balaban J connectivity index is 1.93. The van der Waals surface area contributed by atoms with Crippen LogP contribution in [0.4, 0.5) is 36.3 Å². The lowest BCUT2D eigenvalue weighted by Gasteiger charge is -2.16. The highest BCUT2D eigenvalue weighted by Crippen LogP contribution is 2.36. The molecule has 3 aromatic rings. The molecule has 0 radical (unpaired) electrons. The number of para-hydroxylation sites is 1. The van der Waals surface area contributed by atoms with Crippen LogP contribution in [0.5, 0.6) is 0 Å². The molecule has 0 atom stereocenters. The highest BCUT2D eigenvalue weighted by molar-refractivity contribution is 5.65. The van der Waals surface area contributed by atoms with Crippen molar-refractivity contribution in [1.82, 2.24) is 9.97 Å². The van der Waals surface area contributed by atoms with E-state index in [9.17, 15) is 13.2 Å². The monoisotopic (exact) mass is 400 g/mol. The van der Waals surface area contributed by atoms with Gasteiger partial charge in [-0.1, -0.05) is 51.1 Å². The van der Waals surface area contributed by atoms with Gasteiger partial charge in [0.25, 0.3) is 0 Å². The molecule has 0 aliphatic carbocycles. The highest BCUT2D eigenvalue weighted by atomic mass is 19.4. The number of nitrogens with one attached hydrogen (secondary N) is 2. The van der Waals surface area contributed by atoms with Crippen LogP contribution in [0.3, 0.4) is 0 Å². The quantitative estimate of drug-likeness (QED) is 0.485. The fraction of sp³-hybridized carbons (Fsp3) is 0.273. The Morgan fingerprint density at radius 2 is 1.66 bits per heavy atom. The fourth-order valence-electron chi connectivity index (χ4n) is 2.90. The van der Waals surface area contributed by atoms with E-state index in [1.165, 1.54) is 5.56 Å². The molecule has 2 aromatic carbocycles. The third kappa shape index (κ3) is 5.04. The van der Waals surface area contributed by atoms with E-state index >= 15 is 0 Å². The lowest BCUT2D eigenvalue weighted by Crippen LogP contribution is -2.13. The van der Waals surface area contributed by atoms with E-state index in [1.54, 1.807) is 12.1 Å². The lowest BCUT2D eigenvalue weighted by molar-refractivity contribution is -0.137. The second-order valence-electron chi connectivity index (χ2n) is 6.99. The molecule has 7 heteroatoms. The largest absolute Gasteiger partial charge is 0.421 e. The summed E-state index contributed by atoms with van der Waals surface area (Å²) in [5, 5.41) is 5.81. The van der Waals surface area contributed by atoms with Crippen molar-refractivity contribution in [2.45, 2.75) is 39.3 Å². The molecule has 29 heavy (non-hydrogen) atoms. The van der Waals surface area contributed by atoms with Crippen LogP contribution in [0.2, 0.25) is 0 Å². The summed E-state index contributed by atoms with van der Waals surface area (Å²) in [7, 11) is 0. The maximum Gasteiger partial charge on any atom is 0.421 e. The molecule has 0 spiro atoms. The minimum Gasteiger partial charge on any atom is -0.339 e. The van der Waals surface area contributed by atoms with Crippen LogP contribution in [0.25, 0.3) is 0 Å². The fourth-order valence-corrected chi connectivity index (χ4v) is 2.90. The van der Waals surface area contributed by atoms with E-state index in [-0.39, 0.29) is 11.8 Å². The van der Waals surface area contributed by atoms with Gasteiger partial charge in [-0.2, -0.15) is 18.2 Å². The molecule has 0 saturated heterocycles. The minimum absolute atomic E-state index is 0.0896. The molecule has 2 N–H and O–H groups in total. The third-order valence-electron chi connectivity index (χ3n) is 4.58. The first-order valence-electron chi connectivity index (χ1n) is 9.44. The lowest BCUT2D eigenvalue weighted by atomic mass is 10.0. The van der Waals surface area contributed by atoms with Gasteiger partial charge in [0.2, 0.25) is 5.95 Å². The minimum atomic E-state index is -4.57. The molecular formula is C22H23F3N4. The summed E-state index contributed by atoms with van der Waals surface area (Å²) >= 11 is 0. The summed E-state index contributed by atoms with van der Waals surface area (Å²) in [6, 6.07) is 14.9. The molecule has 1 heterocycles. The zero-order valence-electron chi connectivity index (χ0n) is 16.5. The Morgan fingerprint density at radius 1 is 0.966 bits per heavy atom. The molecule has 0 unspecified atom stereocenters. The van der Waals surface area contributed by atoms with Crippen LogP contribution in [0.1, 0.15) is 43.4 Å². The van der Waals surface area contributed by atoms with E-state index in [1.807, 2.05) is 43.3 Å². The molecule has 0 amide bonds. The summed E-state index contributed by atoms with van der Waals surface area (Å²) in [6.07, 6.45) is -3.08. The first kappa shape index (κ1) is 20.6. The number of aromatic nitrogens is 2. The molecule has 0 aliphatic heterocycles. The van der Waals surface area contributed by atoms with E-state index in [0.717, 1.165) is 11.8 Å². The van der Waals surface area contributed by atoms with Crippen molar-refractivity contribution in [1.29, 1.82) is 0 Å². The summed E-state index contributed by atoms with van der Waals surface area (Å²) in [5.41, 5.74) is 2.45. The van der Waals surface area contributed by atoms with Crippen LogP contribution in [0.15, 0.2) is 54.7 Å². The van der Waals surface area contributed by atoms with Crippen molar-refractivity contribution in [3.8, 4) is 0 Å². The molecule has 0 bridgehead atoms. The van der Waals surface area contributed by atoms with E-state index < -0.39 is 11.7 Å². The average Bonchev–Trinajstić information content (AvgIpc) is 2.68. The van der Waals surface area contributed by atoms with Crippen molar-refractivity contribution in [3.05, 3.63) is 71.4 Å². The van der Waals surface area contributed by atoms with Gasteiger partial charge < -0.3 is 10.6 Å². The van der Waals surface area contributed by atoms with E-state index in [0.29, 0.717) is 23.7 Å². The Bertz CT molecular complexity index is 967. The number of halogens is 3. The number of aryl methyl sites for hydroxylation is 1. The molecule has 3 rings (SSSR count). The van der Waals surface area contributed by atoms with Gasteiger partial charge in [-0.15, -0.1) is 0 Å². The average molecular weight is 400 g/mol. The number of rotatable bonds is 6. The maximum atomic E-state index is 13.5. The Morgan fingerprint density at radius 3 is 2.28 bits per heavy atom. The van der Waals surface area contributed by atoms with Gasteiger partial charge in [-0.25, -0.2) is 4.98 Å². The summed E-state index contributed by atoms with van der Waals surface area (Å²) in [5.74, 6) is 0.197. The van der Waals surface area contributed by atoms with Crippen LogP contribution in [0, 0.1) is 0 Å². The Kier molecular flexibility index (Phi) is 6.06. The number of anilines is 4. The second kappa shape index (κ2) is 8.51. The smallest absolute Gasteiger partial charge is 0.339 e. The van der Waals surface area contributed by atoms with Gasteiger partial charge in [0, 0.05) is 17.6 Å². The standard InChI is InChI=1S/C22H23F3N4/c1-4-15-7-5-6-8-19(15)28-20-18(22(23,24)25)13-26-21(29-20)27-17-11-9-16(10-12-17)14(2)3/h5-14H,4H2,1-3H3,(H2,26,27,28,29). The van der Waals surface area contributed by atoms with Crippen molar-refractivity contribution < 1.29 is 13.2 Å². The number of hydrogen-bond acceptors (Lipinski definition) is 4. The van der Waals surface area contributed by atoms with Crippen molar-refractivity contribution in [2.24, 2.45) is 0 Å². The van der Waals surface area contributed by atoms with Crippen molar-refractivity contribution in [3.63, 3.8) is 0 Å². The SMILES string of the molecule is CCc1ccccc1Nc1nc(Nc2ccc(C(C)C)cc2)ncc1C(F)(F)F. The van der Waals surface area contributed by atoms with Gasteiger partial charge in [-0.05, 0) is 41.7 Å². The van der Waals surface area contributed by atoms with Gasteiger partial charge in [0.15, 0.2) is 0 Å². The number of hydrogen-bond donors (Lipinski definition) is 2. The first-order valence-corrected chi connectivity index (χ1v) is 9.44. The highest BCUT2D eigenvalue weighted by Gasteiger charge is 2.35. The zero-order chi connectivity index (χ0) is 21.0. The Hall–Kier alpha value is -3.09. The Labute approximate surface area is 168 Å².